The van der Waals surface area contributed by atoms with Crippen LogP contribution in [0.1, 0.15) is 259 Å². The average molecular weight is 1540 g/mol. The molecule has 0 saturated heterocycles. The number of hydrogen-bond acceptors (Lipinski definition) is 15. The van der Waals surface area contributed by atoms with Crippen LogP contribution in [-0.4, -0.2) is 96.7 Å². The van der Waals surface area contributed by atoms with Crippen molar-refractivity contribution < 1.29 is 80.2 Å². The van der Waals surface area contributed by atoms with E-state index in [4.69, 9.17) is 37.0 Å². The summed E-state index contributed by atoms with van der Waals surface area (Å²) in [7, 11) is -10.0. The molecule has 0 aromatic carbocycles. The largest absolute Gasteiger partial charge is 0.472 e. The fraction of sp³-hybridized carbons (Fsp3) is 0.551. The van der Waals surface area contributed by atoms with Gasteiger partial charge in [0.25, 0.3) is 0 Å². The highest BCUT2D eigenvalue weighted by atomic mass is 31.2. The van der Waals surface area contributed by atoms with Crippen LogP contribution in [0.25, 0.3) is 0 Å². The summed E-state index contributed by atoms with van der Waals surface area (Å²) in [4.78, 5) is 73.0. The molecule has 17 nitrogen and oxygen atoms in total. The number of ether oxygens (including phenoxy) is 4. The van der Waals surface area contributed by atoms with E-state index in [0.717, 1.165) is 173 Å². The van der Waals surface area contributed by atoms with Crippen molar-refractivity contribution in [2.45, 2.75) is 277 Å². The van der Waals surface area contributed by atoms with Crippen molar-refractivity contribution in [3.05, 3.63) is 219 Å². The van der Waals surface area contributed by atoms with Crippen molar-refractivity contribution in [3.8, 4) is 0 Å². The Balaban J connectivity index is 5.55. The molecule has 0 saturated carbocycles. The number of carbonyl (C=O) groups is 4. The molecule has 0 amide bonds. The number of rotatable bonds is 72. The molecule has 0 spiro atoms. The summed E-state index contributed by atoms with van der Waals surface area (Å²) >= 11 is 0. The number of phosphoric ester groups is 2. The van der Waals surface area contributed by atoms with Crippen molar-refractivity contribution in [1.82, 2.24) is 0 Å². The summed E-state index contributed by atoms with van der Waals surface area (Å²) in [6.45, 7) is 4.15. The van der Waals surface area contributed by atoms with Crippen molar-refractivity contribution in [2.24, 2.45) is 0 Å². The fourth-order valence-corrected chi connectivity index (χ4v) is 11.1. The Morgan fingerprint density at radius 2 is 0.500 bits per heavy atom. The number of unbranched alkanes of at least 4 members (excludes halogenated alkanes) is 11. The lowest BCUT2D eigenvalue weighted by atomic mass is 10.1. The first kappa shape index (κ1) is 101. The van der Waals surface area contributed by atoms with Crippen LogP contribution in [0.2, 0.25) is 0 Å². The number of hydrogen-bond donors (Lipinski definition) is 3. The zero-order chi connectivity index (χ0) is 78.9. The molecule has 0 aliphatic carbocycles. The highest BCUT2D eigenvalue weighted by molar-refractivity contribution is 7.47. The molecule has 0 radical (unpaired) electrons. The minimum Gasteiger partial charge on any atom is -0.462 e. The third-order valence-corrected chi connectivity index (χ3v) is 17.4. The molecule has 0 bridgehead atoms. The van der Waals surface area contributed by atoms with Crippen molar-refractivity contribution >= 4 is 39.5 Å². The van der Waals surface area contributed by atoms with Crippen LogP contribution < -0.4 is 0 Å². The lowest BCUT2D eigenvalue weighted by molar-refractivity contribution is -0.161. The van der Waals surface area contributed by atoms with Gasteiger partial charge in [0, 0.05) is 19.3 Å². The zero-order valence-corrected chi connectivity index (χ0v) is 68.0. The SMILES string of the molecule is CC/C=C\C/C=C\C/C=C\C/C=C\C/C=C\CCCCCC(=O)OCC(COP(=O)(O)OCC(O)COP(=O)(O)OCC(COC(=O)CCC/C=C\C/C=C\C/C=C\C/C=C\C/C=C\CC)OC(=O)CCCCCCCCC/C=C\C/C=C\C/C=C\CC)OC(=O)C/C=C\C/C=C\C/C=C\C/C=C\C/C=C\CC. The van der Waals surface area contributed by atoms with Gasteiger partial charge < -0.3 is 33.8 Å². The summed E-state index contributed by atoms with van der Waals surface area (Å²) < 4.78 is 68.4. The first-order valence-electron chi connectivity index (χ1n) is 40.0. The number of esters is 4. The van der Waals surface area contributed by atoms with E-state index < -0.39 is 97.5 Å². The van der Waals surface area contributed by atoms with Crippen LogP contribution in [0.15, 0.2) is 219 Å². The van der Waals surface area contributed by atoms with E-state index in [1.807, 2.05) is 24.3 Å². The molecular weight excluding hydrogens is 1400 g/mol. The molecule has 0 fully saturated rings. The van der Waals surface area contributed by atoms with Gasteiger partial charge in [0.2, 0.25) is 0 Å². The molecule has 108 heavy (non-hydrogen) atoms. The molecule has 0 aliphatic heterocycles. The van der Waals surface area contributed by atoms with E-state index in [9.17, 15) is 43.2 Å². The van der Waals surface area contributed by atoms with E-state index >= 15 is 0 Å². The van der Waals surface area contributed by atoms with Gasteiger partial charge in [-0.05, 0) is 167 Å². The maximum Gasteiger partial charge on any atom is 0.472 e. The third-order valence-electron chi connectivity index (χ3n) is 15.5. The lowest BCUT2D eigenvalue weighted by Gasteiger charge is -2.21. The third kappa shape index (κ3) is 77.5. The smallest absolute Gasteiger partial charge is 0.462 e. The summed E-state index contributed by atoms with van der Waals surface area (Å²) in [5, 5.41) is 10.6. The van der Waals surface area contributed by atoms with Crippen molar-refractivity contribution in [1.29, 1.82) is 0 Å². The Morgan fingerprint density at radius 3 is 0.824 bits per heavy atom. The maximum absolute atomic E-state index is 13.1. The van der Waals surface area contributed by atoms with Gasteiger partial charge in [0.05, 0.1) is 32.8 Å². The Kier molecular flexibility index (Phi) is 73.7. The minimum absolute atomic E-state index is 0.0586. The number of aliphatic hydroxyl groups is 1. The highest BCUT2D eigenvalue weighted by Crippen LogP contribution is 2.45. The topological polar surface area (TPSA) is 237 Å². The molecule has 0 rings (SSSR count). The van der Waals surface area contributed by atoms with Gasteiger partial charge in [0.1, 0.15) is 19.3 Å². The Hall–Kier alpha value is -6.62. The fourth-order valence-electron chi connectivity index (χ4n) is 9.55. The van der Waals surface area contributed by atoms with Gasteiger partial charge in [-0.25, -0.2) is 9.13 Å². The molecule has 5 unspecified atom stereocenters. The first-order chi connectivity index (χ1) is 52.7. The first-order valence-corrected chi connectivity index (χ1v) is 43.0. The summed E-state index contributed by atoms with van der Waals surface area (Å²) in [5.74, 6) is -2.47. The van der Waals surface area contributed by atoms with Gasteiger partial charge in [0.15, 0.2) is 12.2 Å². The molecule has 606 valence electrons. The molecular formula is C89H138O17P2. The molecule has 0 aromatic rings. The molecule has 19 heteroatoms. The monoisotopic (exact) mass is 1540 g/mol. The van der Waals surface area contributed by atoms with Crippen LogP contribution >= 0.6 is 15.6 Å². The van der Waals surface area contributed by atoms with Gasteiger partial charge >= 0.3 is 39.5 Å². The molecule has 5 atom stereocenters. The van der Waals surface area contributed by atoms with Crippen LogP contribution in [0.4, 0.5) is 0 Å². The van der Waals surface area contributed by atoms with Crippen LogP contribution in [0.3, 0.4) is 0 Å². The second-order valence-corrected chi connectivity index (χ2v) is 28.4. The number of phosphoric acid groups is 2. The Morgan fingerprint density at radius 1 is 0.269 bits per heavy atom. The molecule has 0 heterocycles. The van der Waals surface area contributed by atoms with Crippen LogP contribution in [-0.2, 0) is 65.4 Å². The summed E-state index contributed by atoms with van der Waals surface area (Å²) in [5.41, 5.74) is 0. The van der Waals surface area contributed by atoms with E-state index in [2.05, 4.69) is 210 Å². The predicted molar refractivity (Wildman–Crippen MR) is 445 cm³/mol. The normalized spacial score (nSPS) is 15.0. The highest BCUT2D eigenvalue weighted by Gasteiger charge is 2.30. The number of allylic oxidation sites excluding steroid dienone is 35. The Bertz CT molecular complexity index is 2910. The second-order valence-electron chi connectivity index (χ2n) is 25.5. The summed E-state index contributed by atoms with van der Waals surface area (Å²) in [6.07, 6.45) is 99.6. The maximum atomic E-state index is 13.1. The standard InChI is InChI=1S/C89H138O17P2/c1-5-9-13-17-21-25-29-33-37-40-41-44-47-50-54-58-62-66-70-74-87(92)100-79-84(105-88(93)75-71-67-63-59-55-51-45-36-32-28-24-20-16-12-8-4)81-103-107(95,96)101-77-83(90)78-102-108(97,98)104-82-85(106-89(94)76-72-68-64-60-56-52-48-43-39-35-31-27-23-19-15-11-7-3)80-99-86(91)73-69-65-61-57-53-49-46-42-38-34-30-26-22-18-14-10-6-2/h9-16,21-28,33-39,41,44-46,49-50,54-55,57,59,61,67,71,83-85,90H,5-8,17-20,29-32,40,42-43,47-48,51-53,56,58,60,62-66,68-70,72-82H2,1-4H3,(H,95,96)(H,97,98)/b13-9-,14-10-,15-11-,16-12-,25-21-,26-22-,27-23-,28-24-,37-33-,38-34-,39-35-,44-41-,45-36-,49-46-,54-50-,59-55-,61-57-,71-67-. The average Bonchev–Trinajstić information content (AvgIpc) is 0.901. The van der Waals surface area contributed by atoms with Crippen LogP contribution in [0.5, 0.6) is 0 Å². The van der Waals surface area contributed by atoms with Gasteiger partial charge in [-0.3, -0.25) is 37.3 Å². The van der Waals surface area contributed by atoms with Gasteiger partial charge in [-0.2, -0.15) is 0 Å². The zero-order valence-electron chi connectivity index (χ0n) is 66.2. The van der Waals surface area contributed by atoms with Gasteiger partial charge in [-0.15, -0.1) is 0 Å². The predicted octanol–water partition coefficient (Wildman–Crippen LogP) is 23.7. The Labute approximate surface area is 651 Å². The molecule has 3 N–H and O–H groups in total. The number of aliphatic hydroxyl groups excluding tert-OH is 1. The summed E-state index contributed by atoms with van der Waals surface area (Å²) in [6, 6.07) is 0. The van der Waals surface area contributed by atoms with E-state index in [0.29, 0.717) is 32.1 Å². The van der Waals surface area contributed by atoms with E-state index in [1.54, 1.807) is 12.2 Å². The number of carbonyl (C=O) groups excluding carboxylic acids is 4. The lowest BCUT2D eigenvalue weighted by Crippen LogP contribution is -2.30. The van der Waals surface area contributed by atoms with E-state index in [1.165, 1.54) is 0 Å². The quantitative estimate of drug-likeness (QED) is 0.0169. The van der Waals surface area contributed by atoms with Crippen LogP contribution in [0, 0.1) is 0 Å². The van der Waals surface area contributed by atoms with Crippen molar-refractivity contribution in [3.63, 3.8) is 0 Å². The minimum atomic E-state index is -5.03. The van der Waals surface area contributed by atoms with Crippen molar-refractivity contribution in [2.75, 3.05) is 39.6 Å². The molecule has 0 aromatic heterocycles. The molecule has 0 aliphatic rings. The second kappa shape index (κ2) is 78.5. The van der Waals surface area contributed by atoms with E-state index in [-0.39, 0.29) is 25.7 Å². The van der Waals surface area contributed by atoms with Gasteiger partial charge in [-0.1, -0.05) is 285 Å².